The molecule has 4 fully saturated rings. The van der Waals surface area contributed by atoms with Crippen molar-refractivity contribution in [1.29, 1.82) is 0 Å². The average Bonchev–Trinajstić information content (AvgIpc) is 3.15. The van der Waals surface area contributed by atoms with Gasteiger partial charge in [0.15, 0.2) is 0 Å². The van der Waals surface area contributed by atoms with Crippen LogP contribution in [0.3, 0.4) is 0 Å². The second kappa shape index (κ2) is 6.54. The Morgan fingerprint density at radius 2 is 1.75 bits per heavy atom. The van der Waals surface area contributed by atoms with Crippen molar-refractivity contribution in [2.24, 2.45) is 0 Å². The van der Waals surface area contributed by atoms with Crippen LogP contribution < -0.4 is 5.32 Å². The first-order valence-corrected chi connectivity index (χ1v) is 9.75. The predicted octanol–water partition coefficient (Wildman–Crippen LogP) is 1.41. The van der Waals surface area contributed by atoms with Crippen molar-refractivity contribution in [2.75, 3.05) is 39.3 Å². The topological polar surface area (TPSA) is 55.9 Å². The van der Waals surface area contributed by atoms with Gasteiger partial charge in [-0.25, -0.2) is 4.79 Å². The fourth-order valence-electron chi connectivity index (χ4n) is 4.62. The molecule has 3 aliphatic heterocycles. The molecule has 134 valence electrons. The first-order chi connectivity index (χ1) is 11.7. The number of hydrogen-bond donors (Lipinski definition) is 1. The van der Waals surface area contributed by atoms with Crippen LogP contribution in [0.15, 0.2) is 0 Å². The minimum Gasteiger partial charge on any atom is -0.336 e. The zero-order chi connectivity index (χ0) is 16.6. The Bertz CT molecular complexity index is 491. The number of hydrogen-bond acceptors (Lipinski definition) is 3. The van der Waals surface area contributed by atoms with Gasteiger partial charge < -0.3 is 20.0 Å². The molecular formula is C18H30N4O2. The summed E-state index contributed by atoms with van der Waals surface area (Å²) in [6.45, 7) is 5.82. The number of nitrogens with one attached hydrogen (secondary N) is 1. The van der Waals surface area contributed by atoms with Crippen molar-refractivity contribution >= 4 is 11.9 Å². The van der Waals surface area contributed by atoms with E-state index in [0.717, 1.165) is 58.3 Å². The zero-order valence-electron chi connectivity index (χ0n) is 14.6. The zero-order valence-corrected chi connectivity index (χ0v) is 14.6. The van der Waals surface area contributed by atoms with E-state index in [4.69, 9.17) is 0 Å². The van der Waals surface area contributed by atoms with Gasteiger partial charge in [0, 0.05) is 44.2 Å². The van der Waals surface area contributed by atoms with Gasteiger partial charge in [-0.1, -0.05) is 0 Å². The first-order valence-electron chi connectivity index (χ1n) is 9.75. The maximum Gasteiger partial charge on any atom is 0.317 e. The van der Waals surface area contributed by atoms with Crippen molar-refractivity contribution < 1.29 is 9.59 Å². The molecule has 1 N–H and O–H groups in total. The maximum absolute atomic E-state index is 12.4. The maximum atomic E-state index is 12.4. The Balaban J connectivity index is 1.33. The van der Waals surface area contributed by atoms with Crippen molar-refractivity contribution in [2.45, 2.75) is 62.9 Å². The number of likely N-dealkylation sites (tertiary alicyclic amines) is 3. The molecule has 0 aromatic heterocycles. The van der Waals surface area contributed by atoms with Crippen molar-refractivity contribution in [3.8, 4) is 0 Å². The molecule has 0 atom stereocenters. The van der Waals surface area contributed by atoms with E-state index < -0.39 is 0 Å². The second-order valence-corrected chi connectivity index (χ2v) is 8.03. The molecule has 0 aromatic carbocycles. The molecule has 24 heavy (non-hydrogen) atoms. The smallest absolute Gasteiger partial charge is 0.317 e. The third-order valence-corrected chi connectivity index (χ3v) is 6.40. The average molecular weight is 334 g/mol. The van der Waals surface area contributed by atoms with Crippen LogP contribution in [0.2, 0.25) is 0 Å². The summed E-state index contributed by atoms with van der Waals surface area (Å²) in [5.74, 6) is 0.324. The summed E-state index contributed by atoms with van der Waals surface area (Å²) in [5, 5.41) is 3.08. The minimum atomic E-state index is 0.0210. The lowest BCUT2D eigenvalue weighted by atomic mass is 9.85. The standard InChI is InChI=1S/C18H30N4O2/c23-16-5-6-18(22(16)14-13-20-9-1-2-10-20)7-11-21(12-8-18)17(24)19-15-3-4-15/h15H,1-14H2,(H,19,24). The quantitative estimate of drug-likeness (QED) is 0.846. The molecule has 3 amide bonds. The Kier molecular flexibility index (Phi) is 4.41. The number of carbonyl (C=O) groups is 2. The van der Waals surface area contributed by atoms with Gasteiger partial charge in [0.1, 0.15) is 0 Å². The van der Waals surface area contributed by atoms with Crippen LogP contribution in [0.4, 0.5) is 4.79 Å². The van der Waals surface area contributed by atoms with Crippen LogP contribution >= 0.6 is 0 Å². The summed E-state index contributed by atoms with van der Waals surface area (Å²) >= 11 is 0. The third-order valence-electron chi connectivity index (χ3n) is 6.40. The molecule has 1 saturated carbocycles. The highest BCUT2D eigenvalue weighted by molar-refractivity contribution is 5.80. The molecule has 4 rings (SSSR count). The van der Waals surface area contributed by atoms with Crippen LogP contribution in [0.25, 0.3) is 0 Å². The molecule has 3 heterocycles. The van der Waals surface area contributed by atoms with Gasteiger partial charge in [-0.3, -0.25) is 4.79 Å². The highest BCUT2D eigenvalue weighted by Crippen LogP contribution is 2.39. The largest absolute Gasteiger partial charge is 0.336 e. The summed E-state index contributed by atoms with van der Waals surface area (Å²) in [6, 6.07) is 0.513. The predicted molar refractivity (Wildman–Crippen MR) is 91.7 cm³/mol. The first kappa shape index (κ1) is 16.2. The minimum absolute atomic E-state index is 0.0210. The molecule has 0 bridgehead atoms. The van der Waals surface area contributed by atoms with Gasteiger partial charge in [-0.05, 0) is 58.0 Å². The van der Waals surface area contributed by atoms with Crippen molar-refractivity contribution in [3.05, 3.63) is 0 Å². The fourth-order valence-corrected chi connectivity index (χ4v) is 4.62. The fraction of sp³-hybridized carbons (Fsp3) is 0.889. The second-order valence-electron chi connectivity index (χ2n) is 8.03. The third kappa shape index (κ3) is 3.25. The number of amides is 3. The summed E-state index contributed by atoms with van der Waals surface area (Å²) in [4.78, 5) is 31.3. The van der Waals surface area contributed by atoms with E-state index in [0.29, 0.717) is 18.4 Å². The molecule has 4 aliphatic rings. The Morgan fingerprint density at radius 3 is 2.42 bits per heavy atom. The van der Waals surface area contributed by atoms with Gasteiger partial charge >= 0.3 is 6.03 Å². The lowest BCUT2D eigenvalue weighted by Crippen LogP contribution is -2.56. The molecule has 6 nitrogen and oxygen atoms in total. The van der Waals surface area contributed by atoms with E-state index in [1.165, 1.54) is 25.9 Å². The Morgan fingerprint density at radius 1 is 1.04 bits per heavy atom. The van der Waals surface area contributed by atoms with Crippen LogP contribution in [-0.4, -0.2) is 77.5 Å². The van der Waals surface area contributed by atoms with E-state index in [2.05, 4.69) is 15.1 Å². The van der Waals surface area contributed by atoms with Crippen LogP contribution in [0.1, 0.15) is 51.4 Å². The number of carbonyl (C=O) groups excluding carboxylic acids is 2. The van der Waals surface area contributed by atoms with Crippen molar-refractivity contribution in [1.82, 2.24) is 20.0 Å². The van der Waals surface area contributed by atoms with Gasteiger partial charge in [0.05, 0.1) is 0 Å². The summed E-state index contributed by atoms with van der Waals surface area (Å²) < 4.78 is 0. The van der Waals surface area contributed by atoms with E-state index in [-0.39, 0.29) is 11.6 Å². The molecule has 0 unspecified atom stereocenters. The molecule has 1 aliphatic carbocycles. The van der Waals surface area contributed by atoms with E-state index in [1.54, 1.807) is 0 Å². The number of piperidine rings is 1. The van der Waals surface area contributed by atoms with E-state index in [9.17, 15) is 9.59 Å². The molecule has 1 spiro atoms. The van der Waals surface area contributed by atoms with Crippen molar-refractivity contribution in [3.63, 3.8) is 0 Å². The Labute approximate surface area is 144 Å². The van der Waals surface area contributed by atoms with Gasteiger partial charge in [-0.15, -0.1) is 0 Å². The van der Waals surface area contributed by atoms with Crippen LogP contribution in [0, 0.1) is 0 Å². The SMILES string of the molecule is O=C(NC1CC1)N1CCC2(CCC(=O)N2CCN2CCCC2)CC1. The molecule has 6 heteroatoms. The summed E-state index contributed by atoms with van der Waals surface area (Å²) in [7, 11) is 0. The number of nitrogens with zero attached hydrogens (tertiary/aromatic N) is 3. The molecule has 3 saturated heterocycles. The van der Waals surface area contributed by atoms with Crippen LogP contribution in [0.5, 0.6) is 0 Å². The lowest BCUT2D eigenvalue weighted by Gasteiger charge is -2.45. The highest BCUT2D eigenvalue weighted by Gasteiger charge is 2.47. The highest BCUT2D eigenvalue weighted by atomic mass is 16.2. The number of urea groups is 1. The monoisotopic (exact) mass is 334 g/mol. The molecule has 0 aromatic rings. The van der Waals surface area contributed by atoms with Gasteiger partial charge in [0.25, 0.3) is 0 Å². The lowest BCUT2D eigenvalue weighted by molar-refractivity contribution is -0.132. The van der Waals surface area contributed by atoms with Crippen LogP contribution in [-0.2, 0) is 4.79 Å². The summed E-state index contributed by atoms with van der Waals surface area (Å²) in [6.07, 6.45) is 8.39. The van der Waals surface area contributed by atoms with E-state index >= 15 is 0 Å². The van der Waals surface area contributed by atoms with Gasteiger partial charge in [0.2, 0.25) is 5.91 Å². The molecular weight excluding hydrogens is 304 g/mol. The molecule has 0 radical (unpaired) electrons. The normalized spacial score (nSPS) is 27.2. The Hall–Kier alpha value is -1.30. The van der Waals surface area contributed by atoms with E-state index in [1.807, 2.05) is 4.90 Å². The van der Waals surface area contributed by atoms with Gasteiger partial charge in [-0.2, -0.15) is 0 Å². The summed E-state index contributed by atoms with van der Waals surface area (Å²) in [5.41, 5.74) is 0.0210. The number of rotatable bonds is 4.